The third-order valence-electron chi connectivity index (χ3n) is 6.67. The van der Waals surface area contributed by atoms with Crippen molar-refractivity contribution in [2.75, 3.05) is 37.0 Å². The van der Waals surface area contributed by atoms with Gasteiger partial charge in [-0.1, -0.05) is 30.8 Å². The van der Waals surface area contributed by atoms with E-state index < -0.39 is 5.97 Å². The summed E-state index contributed by atoms with van der Waals surface area (Å²) in [6.45, 7) is 4.74. The van der Waals surface area contributed by atoms with Crippen LogP contribution in [0, 0.1) is 0 Å². The predicted molar refractivity (Wildman–Crippen MR) is 144 cm³/mol. The molecule has 38 heavy (non-hydrogen) atoms. The van der Waals surface area contributed by atoms with Crippen LogP contribution in [0.25, 0.3) is 11.0 Å². The number of carbonyl (C=O) groups is 4. The van der Waals surface area contributed by atoms with Gasteiger partial charge in [0.05, 0.1) is 36.3 Å². The van der Waals surface area contributed by atoms with E-state index in [2.05, 4.69) is 11.9 Å². The number of amides is 3. The average molecular weight is 518 g/mol. The molecule has 4 rings (SSSR count). The first-order valence-electron chi connectivity index (χ1n) is 12.5. The van der Waals surface area contributed by atoms with E-state index in [4.69, 9.17) is 9.72 Å². The molecular weight excluding hydrogens is 486 g/mol. The fourth-order valence-electron chi connectivity index (χ4n) is 4.77. The molecule has 1 aliphatic rings. The number of anilines is 2. The lowest BCUT2D eigenvalue weighted by Gasteiger charge is -2.27. The molecule has 0 radical (unpaired) electrons. The number of esters is 1. The van der Waals surface area contributed by atoms with Gasteiger partial charge in [-0.3, -0.25) is 24.5 Å². The van der Waals surface area contributed by atoms with Crippen molar-refractivity contribution in [1.29, 1.82) is 0 Å². The lowest BCUT2D eigenvalue weighted by atomic mass is 10.1. The molecule has 1 aliphatic heterocycles. The second-order valence-electron chi connectivity index (χ2n) is 9.03. The summed E-state index contributed by atoms with van der Waals surface area (Å²) in [4.78, 5) is 57.6. The van der Waals surface area contributed by atoms with Crippen LogP contribution >= 0.6 is 0 Å². The topological polar surface area (TPSA) is 114 Å². The molecule has 1 fully saturated rings. The Balaban J connectivity index is 1.83. The van der Waals surface area contributed by atoms with Gasteiger partial charge in [0.1, 0.15) is 0 Å². The second-order valence-corrected chi connectivity index (χ2v) is 9.03. The van der Waals surface area contributed by atoms with Gasteiger partial charge in [0, 0.05) is 25.2 Å². The molecule has 2 aromatic carbocycles. The molecule has 10 heteroatoms. The number of para-hydroxylation sites is 1. The first kappa shape index (κ1) is 26.6. The SMILES string of the molecule is C=CC(=O)N1CCCCC(n2c(NC(=O)c3ccccc3)nc3cccc(N(C=O)CCC(=O)OC)c32)C1. The first-order chi connectivity index (χ1) is 18.5. The minimum Gasteiger partial charge on any atom is -0.469 e. The Labute approximate surface area is 220 Å². The molecule has 1 N–H and O–H groups in total. The Kier molecular flexibility index (Phi) is 8.52. The summed E-state index contributed by atoms with van der Waals surface area (Å²) in [5.74, 6) is -0.605. The van der Waals surface area contributed by atoms with E-state index in [-0.39, 0.29) is 30.8 Å². The molecule has 1 saturated heterocycles. The van der Waals surface area contributed by atoms with Crippen LogP contribution in [0.4, 0.5) is 11.6 Å². The molecule has 0 bridgehead atoms. The van der Waals surface area contributed by atoms with Crippen LogP contribution in [-0.2, 0) is 19.1 Å². The third-order valence-corrected chi connectivity index (χ3v) is 6.67. The Morgan fingerprint density at radius 1 is 1.16 bits per heavy atom. The van der Waals surface area contributed by atoms with Gasteiger partial charge in [-0.15, -0.1) is 0 Å². The van der Waals surface area contributed by atoms with Gasteiger partial charge in [-0.25, -0.2) is 4.98 Å². The van der Waals surface area contributed by atoms with Gasteiger partial charge in [-0.05, 0) is 49.6 Å². The zero-order chi connectivity index (χ0) is 27.1. The number of methoxy groups -OCH3 is 1. The third kappa shape index (κ3) is 5.74. The van der Waals surface area contributed by atoms with E-state index in [0.717, 1.165) is 19.3 Å². The number of nitrogens with one attached hydrogen (secondary N) is 1. The average Bonchev–Trinajstić information content (AvgIpc) is 3.13. The molecular formula is C28H31N5O5. The van der Waals surface area contributed by atoms with Crippen molar-refractivity contribution in [2.24, 2.45) is 0 Å². The number of ether oxygens (including phenoxy) is 1. The molecule has 0 spiro atoms. The smallest absolute Gasteiger partial charge is 0.307 e. The number of likely N-dealkylation sites (tertiary alicyclic amines) is 1. The molecule has 1 aromatic heterocycles. The molecule has 3 amide bonds. The highest BCUT2D eigenvalue weighted by Crippen LogP contribution is 2.35. The monoisotopic (exact) mass is 517 g/mol. The number of benzene rings is 2. The Morgan fingerprint density at radius 3 is 2.66 bits per heavy atom. The van der Waals surface area contributed by atoms with Gasteiger partial charge in [0.2, 0.25) is 18.3 Å². The van der Waals surface area contributed by atoms with E-state index in [0.29, 0.717) is 47.7 Å². The highest BCUT2D eigenvalue weighted by molar-refractivity contribution is 6.05. The van der Waals surface area contributed by atoms with E-state index >= 15 is 0 Å². The lowest BCUT2D eigenvalue weighted by molar-refractivity contribution is -0.140. The van der Waals surface area contributed by atoms with Gasteiger partial charge in [-0.2, -0.15) is 0 Å². The zero-order valence-corrected chi connectivity index (χ0v) is 21.3. The standard InChI is InChI=1S/C28H31N5O5/c1-3-24(35)31-16-8-7-12-21(18-31)33-26-22(29-28(33)30-27(37)20-10-5-4-6-11-20)13-9-14-23(26)32(19-34)17-15-25(36)38-2/h3-6,9-11,13-14,19,21H,1,7-8,12,15-18H2,2H3,(H,29,30,37). The molecule has 0 aliphatic carbocycles. The Bertz CT molecular complexity index is 1340. The second kappa shape index (κ2) is 12.2. The van der Waals surface area contributed by atoms with E-state index in [1.54, 1.807) is 47.4 Å². The number of imidazole rings is 1. The highest BCUT2D eigenvalue weighted by Gasteiger charge is 2.28. The number of rotatable bonds is 9. The van der Waals surface area contributed by atoms with Crippen molar-refractivity contribution in [3.8, 4) is 0 Å². The highest BCUT2D eigenvalue weighted by atomic mass is 16.5. The van der Waals surface area contributed by atoms with Crippen molar-refractivity contribution in [1.82, 2.24) is 14.5 Å². The maximum Gasteiger partial charge on any atom is 0.307 e. The summed E-state index contributed by atoms with van der Waals surface area (Å²) in [6, 6.07) is 13.9. The van der Waals surface area contributed by atoms with Crippen LogP contribution < -0.4 is 10.2 Å². The van der Waals surface area contributed by atoms with E-state index in [9.17, 15) is 19.2 Å². The maximum absolute atomic E-state index is 13.1. The minimum absolute atomic E-state index is 0.0163. The maximum atomic E-state index is 13.1. The Morgan fingerprint density at radius 2 is 1.95 bits per heavy atom. The number of fused-ring (bicyclic) bond motifs is 1. The van der Waals surface area contributed by atoms with Crippen LogP contribution in [0.3, 0.4) is 0 Å². The molecule has 10 nitrogen and oxygen atoms in total. The molecule has 3 aromatic rings. The van der Waals surface area contributed by atoms with Crippen molar-refractivity contribution >= 4 is 46.9 Å². The summed E-state index contributed by atoms with van der Waals surface area (Å²) in [5, 5.41) is 2.94. The zero-order valence-electron chi connectivity index (χ0n) is 21.3. The van der Waals surface area contributed by atoms with Gasteiger partial charge >= 0.3 is 5.97 Å². The summed E-state index contributed by atoms with van der Waals surface area (Å²) in [6.07, 6.45) is 4.41. The van der Waals surface area contributed by atoms with Gasteiger partial charge < -0.3 is 19.1 Å². The molecule has 198 valence electrons. The number of aromatic nitrogens is 2. The van der Waals surface area contributed by atoms with Crippen molar-refractivity contribution in [3.05, 3.63) is 66.7 Å². The van der Waals surface area contributed by atoms with Gasteiger partial charge in [0.25, 0.3) is 5.91 Å². The number of nitrogens with zero attached hydrogens (tertiary/aromatic N) is 4. The van der Waals surface area contributed by atoms with Gasteiger partial charge in [0.15, 0.2) is 0 Å². The summed E-state index contributed by atoms with van der Waals surface area (Å²) in [7, 11) is 1.30. The first-order valence-corrected chi connectivity index (χ1v) is 12.5. The largest absolute Gasteiger partial charge is 0.469 e. The summed E-state index contributed by atoms with van der Waals surface area (Å²) in [5.41, 5.74) is 2.22. The van der Waals surface area contributed by atoms with E-state index in [1.807, 2.05) is 10.6 Å². The molecule has 1 atom stereocenters. The predicted octanol–water partition coefficient (Wildman–Crippen LogP) is 3.55. The fourth-order valence-corrected chi connectivity index (χ4v) is 4.77. The number of carbonyl (C=O) groups excluding carboxylic acids is 4. The molecule has 1 unspecified atom stereocenters. The van der Waals surface area contributed by atoms with Crippen LogP contribution in [0.5, 0.6) is 0 Å². The number of hydrogen-bond acceptors (Lipinski definition) is 6. The Hall–Kier alpha value is -4.47. The molecule has 2 heterocycles. The van der Waals surface area contributed by atoms with Crippen LogP contribution in [0.15, 0.2) is 61.2 Å². The number of hydrogen-bond donors (Lipinski definition) is 1. The summed E-state index contributed by atoms with van der Waals surface area (Å²) < 4.78 is 6.66. The van der Waals surface area contributed by atoms with Crippen molar-refractivity contribution < 1.29 is 23.9 Å². The van der Waals surface area contributed by atoms with E-state index in [1.165, 1.54) is 18.1 Å². The fraction of sp³-hybridized carbons (Fsp3) is 0.321. The molecule has 0 saturated carbocycles. The van der Waals surface area contributed by atoms with Crippen molar-refractivity contribution in [2.45, 2.75) is 31.7 Å². The van der Waals surface area contributed by atoms with Crippen LogP contribution in [-0.4, -0.2) is 65.4 Å². The van der Waals surface area contributed by atoms with Crippen molar-refractivity contribution in [3.63, 3.8) is 0 Å². The van der Waals surface area contributed by atoms with Crippen LogP contribution in [0.2, 0.25) is 0 Å². The van der Waals surface area contributed by atoms with Crippen LogP contribution in [0.1, 0.15) is 42.1 Å². The lowest BCUT2D eigenvalue weighted by Crippen LogP contribution is -2.34. The minimum atomic E-state index is -0.435. The normalized spacial score (nSPS) is 15.4. The quantitative estimate of drug-likeness (QED) is 0.264. The summed E-state index contributed by atoms with van der Waals surface area (Å²) >= 11 is 0.